The molecule has 4 N–H and O–H groups in total. The van der Waals surface area contributed by atoms with Crippen molar-refractivity contribution in [3.63, 3.8) is 0 Å². The lowest BCUT2D eigenvalue weighted by Gasteiger charge is -2.34. The second-order valence-electron chi connectivity index (χ2n) is 9.67. The molecule has 0 bridgehead atoms. The zero-order valence-corrected chi connectivity index (χ0v) is 22.0. The number of primary amides is 1. The summed E-state index contributed by atoms with van der Waals surface area (Å²) >= 11 is 1.80. The highest BCUT2D eigenvalue weighted by Crippen LogP contribution is 2.38. The van der Waals surface area contributed by atoms with E-state index in [9.17, 15) is 10.1 Å². The van der Waals surface area contributed by atoms with Crippen molar-refractivity contribution in [1.29, 1.82) is 5.26 Å². The number of nitrogens with zero attached hydrogens (tertiary/aromatic N) is 4. The molecule has 1 aromatic heterocycles. The average molecular weight is 514 g/mol. The third kappa shape index (κ3) is 5.49. The topological polar surface area (TPSA) is 120 Å². The highest BCUT2D eigenvalue weighted by molar-refractivity contribution is 7.99. The Balaban J connectivity index is 1.33. The molecule has 3 aromatic rings. The maximum Gasteiger partial charge on any atom is 0.248 e. The van der Waals surface area contributed by atoms with Crippen molar-refractivity contribution < 1.29 is 4.79 Å². The monoisotopic (exact) mass is 513 g/mol. The van der Waals surface area contributed by atoms with Gasteiger partial charge in [0.05, 0.1) is 22.2 Å². The number of fused-ring (bicyclic) bond motifs is 1. The lowest BCUT2D eigenvalue weighted by molar-refractivity contribution is 0.100. The predicted molar refractivity (Wildman–Crippen MR) is 149 cm³/mol. The van der Waals surface area contributed by atoms with Crippen LogP contribution in [0.25, 0.3) is 0 Å². The molecule has 3 heterocycles. The minimum Gasteiger partial charge on any atom is -0.371 e. The zero-order valence-electron chi connectivity index (χ0n) is 21.2. The minimum absolute atomic E-state index is 0.260. The second-order valence-corrected chi connectivity index (χ2v) is 10.8. The summed E-state index contributed by atoms with van der Waals surface area (Å²) in [5.74, 6) is 2.13. The van der Waals surface area contributed by atoms with Crippen LogP contribution in [-0.2, 0) is 6.42 Å². The van der Waals surface area contributed by atoms with Gasteiger partial charge in [0, 0.05) is 36.1 Å². The van der Waals surface area contributed by atoms with Crippen molar-refractivity contribution in [2.45, 2.75) is 50.5 Å². The molecule has 0 spiro atoms. The van der Waals surface area contributed by atoms with Crippen LogP contribution in [0.2, 0.25) is 0 Å². The van der Waals surface area contributed by atoms with Gasteiger partial charge in [-0.15, -0.1) is 11.8 Å². The maximum atomic E-state index is 11.6. The van der Waals surface area contributed by atoms with Crippen LogP contribution in [-0.4, -0.2) is 40.8 Å². The number of nitriles is 1. The van der Waals surface area contributed by atoms with Crippen LogP contribution in [0.3, 0.4) is 0 Å². The molecule has 5 rings (SSSR count). The molecular formula is C28H31N7OS. The van der Waals surface area contributed by atoms with E-state index in [0.717, 1.165) is 83.4 Å². The fourth-order valence-corrected chi connectivity index (χ4v) is 6.09. The molecular weight excluding hydrogens is 482 g/mol. The summed E-state index contributed by atoms with van der Waals surface area (Å²) in [4.78, 5) is 24.8. The molecule has 0 unspecified atom stereocenters. The maximum absolute atomic E-state index is 11.6. The van der Waals surface area contributed by atoms with Crippen molar-refractivity contribution in [2.24, 2.45) is 5.73 Å². The first kappa shape index (κ1) is 24.9. The van der Waals surface area contributed by atoms with Gasteiger partial charge in [0.25, 0.3) is 0 Å². The Morgan fingerprint density at radius 2 is 1.92 bits per heavy atom. The van der Waals surface area contributed by atoms with Gasteiger partial charge in [-0.2, -0.15) is 10.2 Å². The van der Waals surface area contributed by atoms with Crippen LogP contribution in [0.5, 0.6) is 0 Å². The van der Waals surface area contributed by atoms with E-state index in [0.29, 0.717) is 17.1 Å². The number of carbonyl (C=O) groups excluding carboxylic acids is 1. The summed E-state index contributed by atoms with van der Waals surface area (Å²) in [6.45, 7) is 5.77. The molecule has 0 saturated carbocycles. The van der Waals surface area contributed by atoms with E-state index >= 15 is 0 Å². The van der Waals surface area contributed by atoms with Crippen molar-refractivity contribution in [1.82, 2.24) is 9.97 Å². The van der Waals surface area contributed by atoms with Gasteiger partial charge in [-0.1, -0.05) is 6.07 Å². The molecule has 2 aliphatic rings. The number of nitrogens with one attached hydrogen (secondary N) is 2. The molecule has 0 radical (unpaired) electrons. The average Bonchev–Trinajstić information content (AvgIpc) is 2.91. The second kappa shape index (κ2) is 10.7. The van der Waals surface area contributed by atoms with Crippen molar-refractivity contribution in [3.8, 4) is 6.07 Å². The number of piperidine rings is 1. The van der Waals surface area contributed by atoms with Gasteiger partial charge in [-0.3, -0.25) is 4.79 Å². The van der Waals surface area contributed by atoms with Crippen LogP contribution in [0.1, 0.15) is 52.0 Å². The van der Waals surface area contributed by atoms with Gasteiger partial charge in [0.2, 0.25) is 11.9 Å². The normalized spacial score (nSPS) is 15.5. The summed E-state index contributed by atoms with van der Waals surface area (Å²) in [6.07, 6.45) is 3.92. The van der Waals surface area contributed by atoms with E-state index in [-0.39, 0.29) is 6.04 Å². The SMILES string of the molecule is Cc1cc(C#N)cc(C)c1Nc1nc(NC2CCN(c3cccc(C(N)=O)c3)CC2)nc2c1SCCC2. The molecule has 1 amide bonds. The smallest absolute Gasteiger partial charge is 0.248 e. The number of rotatable bonds is 6. The molecule has 37 heavy (non-hydrogen) atoms. The summed E-state index contributed by atoms with van der Waals surface area (Å²) < 4.78 is 0. The molecule has 0 aliphatic carbocycles. The molecule has 8 nitrogen and oxygen atoms in total. The summed E-state index contributed by atoms with van der Waals surface area (Å²) in [5.41, 5.74) is 11.8. The Labute approximate surface area is 221 Å². The van der Waals surface area contributed by atoms with E-state index in [1.165, 1.54) is 0 Å². The fourth-order valence-electron chi connectivity index (χ4n) is 5.05. The Kier molecular flexibility index (Phi) is 7.19. The Hall–Kier alpha value is -3.77. The number of thioether (sulfide) groups is 1. The number of aryl methyl sites for hydroxylation is 3. The number of aromatic nitrogens is 2. The van der Waals surface area contributed by atoms with Gasteiger partial charge in [-0.05, 0) is 86.7 Å². The number of nitrogens with two attached hydrogens (primary N) is 1. The van der Waals surface area contributed by atoms with Gasteiger partial charge in [-0.25, -0.2) is 4.98 Å². The van der Waals surface area contributed by atoms with Crippen LogP contribution in [0.15, 0.2) is 41.3 Å². The van der Waals surface area contributed by atoms with Gasteiger partial charge >= 0.3 is 0 Å². The fraction of sp³-hybridized carbons (Fsp3) is 0.357. The van der Waals surface area contributed by atoms with E-state index < -0.39 is 5.91 Å². The van der Waals surface area contributed by atoms with E-state index in [2.05, 4.69) is 21.6 Å². The highest BCUT2D eigenvalue weighted by atomic mass is 32.2. The Morgan fingerprint density at radius 1 is 1.16 bits per heavy atom. The first-order valence-corrected chi connectivity index (χ1v) is 13.6. The van der Waals surface area contributed by atoms with Gasteiger partial charge in [0.1, 0.15) is 5.82 Å². The number of benzene rings is 2. The van der Waals surface area contributed by atoms with E-state index in [4.69, 9.17) is 15.7 Å². The lowest BCUT2D eigenvalue weighted by atomic mass is 10.0. The van der Waals surface area contributed by atoms with Crippen LogP contribution >= 0.6 is 11.8 Å². The molecule has 2 aromatic carbocycles. The minimum atomic E-state index is -0.406. The van der Waals surface area contributed by atoms with Crippen LogP contribution < -0.4 is 21.3 Å². The van der Waals surface area contributed by atoms with Crippen molar-refractivity contribution in [3.05, 3.63) is 64.3 Å². The number of amides is 1. The number of hydrogen-bond donors (Lipinski definition) is 3. The molecule has 190 valence electrons. The van der Waals surface area contributed by atoms with Crippen LogP contribution in [0, 0.1) is 25.2 Å². The van der Waals surface area contributed by atoms with Crippen LogP contribution in [0.4, 0.5) is 23.1 Å². The third-order valence-electron chi connectivity index (χ3n) is 6.97. The molecule has 1 saturated heterocycles. The summed E-state index contributed by atoms with van der Waals surface area (Å²) in [5, 5.41) is 16.5. The Morgan fingerprint density at radius 3 is 2.62 bits per heavy atom. The largest absolute Gasteiger partial charge is 0.371 e. The molecule has 1 fully saturated rings. The first-order chi connectivity index (χ1) is 17.9. The number of carbonyl (C=O) groups is 1. The third-order valence-corrected chi connectivity index (χ3v) is 8.18. The standard InChI is InChI=1S/C28H31N7OS/c1-17-13-19(16-29)14-18(2)24(17)33-27-25-23(7-4-12-37-25)32-28(34-27)31-21-8-10-35(11-9-21)22-6-3-5-20(15-22)26(30)36/h3,5-6,13-15,21H,4,7-12H2,1-2H3,(H2,30,36)(H2,31,32,33,34). The lowest BCUT2D eigenvalue weighted by Crippen LogP contribution is -2.39. The quantitative estimate of drug-likeness (QED) is 0.425. The van der Waals surface area contributed by atoms with E-state index in [1.807, 2.05) is 44.2 Å². The zero-order chi connectivity index (χ0) is 25.9. The first-order valence-electron chi connectivity index (χ1n) is 12.6. The predicted octanol–water partition coefficient (Wildman–Crippen LogP) is 4.93. The summed E-state index contributed by atoms with van der Waals surface area (Å²) in [7, 11) is 0. The number of hydrogen-bond acceptors (Lipinski definition) is 8. The molecule has 9 heteroatoms. The van der Waals surface area contributed by atoms with Gasteiger partial charge < -0.3 is 21.3 Å². The highest BCUT2D eigenvalue weighted by Gasteiger charge is 2.24. The van der Waals surface area contributed by atoms with Crippen molar-refractivity contribution in [2.75, 3.05) is 34.4 Å². The number of anilines is 4. The van der Waals surface area contributed by atoms with Crippen molar-refractivity contribution >= 4 is 40.8 Å². The van der Waals surface area contributed by atoms with E-state index in [1.54, 1.807) is 17.8 Å². The van der Waals surface area contributed by atoms with Gasteiger partial charge in [0.15, 0.2) is 0 Å². The Bertz CT molecular complexity index is 1350. The molecule has 2 aliphatic heterocycles. The molecule has 0 atom stereocenters. The summed E-state index contributed by atoms with van der Waals surface area (Å²) in [6, 6.07) is 13.8.